The number of hydrogen-bond acceptors (Lipinski definition) is 3. The highest BCUT2D eigenvalue weighted by Crippen LogP contribution is 2.15. The van der Waals surface area contributed by atoms with E-state index in [1.165, 1.54) is 0 Å². The molecule has 0 fully saturated rings. The Labute approximate surface area is 69.8 Å². The first-order valence-corrected chi connectivity index (χ1v) is 3.56. The molecule has 0 saturated carbocycles. The van der Waals surface area contributed by atoms with Crippen molar-refractivity contribution in [1.82, 2.24) is 14.5 Å². The van der Waals surface area contributed by atoms with Crippen molar-refractivity contribution < 1.29 is 4.74 Å². The fourth-order valence-corrected chi connectivity index (χ4v) is 1.12. The van der Waals surface area contributed by atoms with Gasteiger partial charge in [-0.2, -0.15) is 4.98 Å². The van der Waals surface area contributed by atoms with E-state index in [0.29, 0.717) is 6.01 Å². The van der Waals surface area contributed by atoms with Crippen LogP contribution in [0.4, 0.5) is 0 Å². The third kappa shape index (κ3) is 0.845. The standard InChI is InChI=1S/C8H8N3O/c1-11-7-6(4-3-5-9-7)10-8(11)12-2/h3,5H,1-2H3. The molecule has 0 amide bonds. The van der Waals surface area contributed by atoms with Crippen LogP contribution in [-0.2, 0) is 7.05 Å². The summed E-state index contributed by atoms with van der Waals surface area (Å²) in [6.07, 6.45) is 1.68. The second-order valence-electron chi connectivity index (χ2n) is 2.42. The molecule has 0 aliphatic rings. The van der Waals surface area contributed by atoms with Crippen molar-refractivity contribution in [3.8, 4) is 6.01 Å². The average Bonchev–Trinajstić information content (AvgIpc) is 2.44. The van der Waals surface area contributed by atoms with Crippen LogP contribution in [0.15, 0.2) is 12.3 Å². The van der Waals surface area contributed by atoms with Gasteiger partial charge in [-0.25, -0.2) is 4.98 Å². The van der Waals surface area contributed by atoms with Gasteiger partial charge < -0.3 is 4.74 Å². The molecule has 0 atom stereocenters. The Kier molecular flexibility index (Phi) is 1.46. The molecule has 0 spiro atoms. The monoisotopic (exact) mass is 162 g/mol. The van der Waals surface area contributed by atoms with Crippen molar-refractivity contribution in [1.29, 1.82) is 0 Å². The van der Waals surface area contributed by atoms with Crippen molar-refractivity contribution in [2.45, 2.75) is 0 Å². The molecule has 0 aliphatic carbocycles. The number of fused-ring (bicyclic) bond motifs is 1. The lowest BCUT2D eigenvalue weighted by Crippen LogP contribution is -1.94. The lowest BCUT2D eigenvalue weighted by molar-refractivity contribution is 0.368. The molecule has 0 aromatic carbocycles. The van der Waals surface area contributed by atoms with Crippen LogP contribution in [0.2, 0.25) is 0 Å². The van der Waals surface area contributed by atoms with Gasteiger partial charge in [-0.3, -0.25) is 4.57 Å². The maximum Gasteiger partial charge on any atom is 0.298 e. The Balaban J connectivity index is 2.78. The molecular weight excluding hydrogens is 154 g/mol. The zero-order valence-electron chi connectivity index (χ0n) is 6.90. The fourth-order valence-electron chi connectivity index (χ4n) is 1.12. The smallest absolute Gasteiger partial charge is 0.298 e. The van der Waals surface area contributed by atoms with Crippen molar-refractivity contribution in [2.75, 3.05) is 7.11 Å². The summed E-state index contributed by atoms with van der Waals surface area (Å²) in [5, 5.41) is 0. The minimum absolute atomic E-state index is 0.556. The van der Waals surface area contributed by atoms with Crippen molar-refractivity contribution in [3.63, 3.8) is 0 Å². The molecule has 2 aromatic heterocycles. The van der Waals surface area contributed by atoms with Gasteiger partial charge in [-0.1, -0.05) is 0 Å². The highest BCUT2D eigenvalue weighted by molar-refractivity contribution is 5.70. The summed E-state index contributed by atoms with van der Waals surface area (Å²) >= 11 is 0. The molecule has 4 heteroatoms. The number of pyridine rings is 1. The molecule has 2 heterocycles. The van der Waals surface area contributed by atoms with E-state index in [1.54, 1.807) is 23.9 Å². The predicted molar refractivity (Wildman–Crippen MR) is 43.9 cm³/mol. The highest BCUT2D eigenvalue weighted by atomic mass is 16.5. The number of aromatic nitrogens is 3. The summed E-state index contributed by atoms with van der Waals surface area (Å²) in [6.45, 7) is 0. The van der Waals surface area contributed by atoms with Gasteiger partial charge in [0.1, 0.15) is 5.52 Å². The van der Waals surface area contributed by atoms with Gasteiger partial charge >= 0.3 is 0 Å². The quantitative estimate of drug-likeness (QED) is 0.622. The molecule has 0 N–H and O–H groups in total. The average molecular weight is 162 g/mol. The molecule has 0 saturated heterocycles. The molecule has 12 heavy (non-hydrogen) atoms. The van der Waals surface area contributed by atoms with E-state index in [9.17, 15) is 0 Å². The zero-order chi connectivity index (χ0) is 8.55. The topological polar surface area (TPSA) is 39.9 Å². The predicted octanol–water partition coefficient (Wildman–Crippen LogP) is 0.777. The molecular formula is C8H8N3O. The van der Waals surface area contributed by atoms with Crippen LogP contribution in [0.5, 0.6) is 6.01 Å². The molecule has 0 unspecified atom stereocenters. The Hall–Kier alpha value is -1.58. The summed E-state index contributed by atoms with van der Waals surface area (Å²) in [6, 6.07) is 5.26. The van der Waals surface area contributed by atoms with Crippen molar-refractivity contribution in [3.05, 3.63) is 18.3 Å². The number of rotatable bonds is 1. The SMILES string of the molecule is COc1nc2[c]ccnc2n1C. The number of imidazole rings is 1. The first-order valence-electron chi connectivity index (χ1n) is 3.56. The van der Waals surface area contributed by atoms with Crippen LogP contribution in [0.3, 0.4) is 0 Å². The molecule has 2 aromatic rings. The fraction of sp³-hybridized carbons (Fsp3) is 0.250. The first kappa shape index (κ1) is 7.09. The van der Waals surface area contributed by atoms with E-state index < -0.39 is 0 Å². The Morgan fingerprint density at radius 2 is 2.42 bits per heavy atom. The number of hydrogen-bond donors (Lipinski definition) is 0. The second-order valence-corrected chi connectivity index (χ2v) is 2.42. The Morgan fingerprint density at radius 3 is 3.08 bits per heavy atom. The van der Waals surface area contributed by atoms with Gasteiger partial charge in [-0.15, -0.1) is 0 Å². The maximum atomic E-state index is 5.02. The van der Waals surface area contributed by atoms with Crippen molar-refractivity contribution >= 4 is 11.2 Å². The van der Waals surface area contributed by atoms with E-state index in [4.69, 9.17) is 4.74 Å². The largest absolute Gasteiger partial charge is 0.468 e. The molecule has 61 valence electrons. The molecule has 0 aliphatic heterocycles. The minimum Gasteiger partial charge on any atom is -0.468 e. The lowest BCUT2D eigenvalue weighted by atomic mass is 10.4. The number of methoxy groups -OCH3 is 1. The highest BCUT2D eigenvalue weighted by Gasteiger charge is 2.06. The van der Waals surface area contributed by atoms with Crippen LogP contribution >= 0.6 is 0 Å². The third-order valence-corrected chi connectivity index (χ3v) is 1.70. The molecule has 0 bridgehead atoms. The summed E-state index contributed by atoms with van der Waals surface area (Å²) < 4.78 is 6.81. The summed E-state index contributed by atoms with van der Waals surface area (Å²) in [7, 11) is 3.44. The van der Waals surface area contributed by atoms with E-state index in [2.05, 4.69) is 16.0 Å². The Morgan fingerprint density at radius 1 is 1.58 bits per heavy atom. The van der Waals surface area contributed by atoms with Gasteiger partial charge in [0, 0.05) is 19.3 Å². The summed E-state index contributed by atoms with van der Waals surface area (Å²) in [4.78, 5) is 8.29. The lowest BCUT2D eigenvalue weighted by Gasteiger charge is -1.96. The van der Waals surface area contributed by atoms with E-state index >= 15 is 0 Å². The normalized spacial score (nSPS) is 10.5. The van der Waals surface area contributed by atoms with E-state index in [-0.39, 0.29) is 0 Å². The zero-order valence-corrected chi connectivity index (χ0v) is 6.90. The number of aryl methyl sites for hydroxylation is 1. The third-order valence-electron chi connectivity index (χ3n) is 1.70. The van der Waals surface area contributed by atoms with Crippen LogP contribution in [0.25, 0.3) is 11.2 Å². The Bertz CT molecular complexity index is 408. The van der Waals surface area contributed by atoms with Crippen LogP contribution in [-0.4, -0.2) is 21.6 Å². The number of nitrogens with zero attached hydrogens (tertiary/aromatic N) is 3. The second kappa shape index (κ2) is 2.48. The van der Waals surface area contributed by atoms with E-state index in [0.717, 1.165) is 11.2 Å². The van der Waals surface area contributed by atoms with Crippen LogP contribution in [0.1, 0.15) is 0 Å². The minimum atomic E-state index is 0.556. The van der Waals surface area contributed by atoms with E-state index in [1.807, 2.05) is 7.05 Å². The van der Waals surface area contributed by atoms with Gasteiger partial charge in [0.2, 0.25) is 0 Å². The maximum absolute atomic E-state index is 5.02. The first-order chi connectivity index (χ1) is 5.83. The van der Waals surface area contributed by atoms with Gasteiger partial charge in [0.05, 0.1) is 7.11 Å². The summed E-state index contributed by atoms with van der Waals surface area (Å²) in [5.41, 5.74) is 1.52. The van der Waals surface area contributed by atoms with Gasteiger partial charge in [-0.05, 0) is 6.07 Å². The molecule has 2 rings (SSSR count). The van der Waals surface area contributed by atoms with Gasteiger partial charge in [0.15, 0.2) is 5.65 Å². The number of ether oxygens (including phenoxy) is 1. The van der Waals surface area contributed by atoms with Gasteiger partial charge in [0.25, 0.3) is 6.01 Å². The molecule has 1 radical (unpaired) electrons. The van der Waals surface area contributed by atoms with Crippen molar-refractivity contribution in [2.24, 2.45) is 7.05 Å². The molecule has 4 nitrogen and oxygen atoms in total. The van der Waals surface area contributed by atoms with Crippen LogP contribution < -0.4 is 4.74 Å². The van der Waals surface area contributed by atoms with Crippen LogP contribution in [0, 0.1) is 6.07 Å². The summed E-state index contributed by atoms with van der Waals surface area (Å²) in [5.74, 6) is 0.